The number of methoxy groups -OCH3 is 2. The van der Waals surface area contributed by atoms with Crippen LogP contribution in [0.15, 0.2) is 221 Å². The first kappa shape index (κ1) is 91.0. The van der Waals surface area contributed by atoms with Crippen molar-refractivity contribution >= 4 is 63.0 Å². The number of tetrazole rings is 2. The van der Waals surface area contributed by atoms with Gasteiger partial charge in [-0.3, -0.25) is 5.10 Å². The zero-order chi connectivity index (χ0) is 84.8. The fourth-order valence-electron chi connectivity index (χ4n) is 14.4. The van der Waals surface area contributed by atoms with Gasteiger partial charge in [-0.2, -0.15) is 33.6 Å². The van der Waals surface area contributed by atoms with E-state index in [1.807, 2.05) is 188 Å². The molecule has 5 heterocycles. The Morgan fingerprint density at radius 2 is 1.14 bits per heavy atom. The summed E-state index contributed by atoms with van der Waals surface area (Å²) in [5.74, 6) is 3.12. The van der Waals surface area contributed by atoms with Crippen molar-refractivity contribution in [3.63, 3.8) is 0 Å². The summed E-state index contributed by atoms with van der Waals surface area (Å²) in [6.07, 6.45) is 20.8. The number of aromatic nitrogens is 12. The van der Waals surface area contributed by atoms with E-state index in [2.05, 4.69) is 164 Å². The van der Waals surface area contributed by atoms with E-state index in [9.17, 15) is 14.4 Å². The molecule has 1 aliphatic heterocycles. The monoisotopic (exact) mass is 1790 g/mol. The molecule has 8 aromatic carbocycles. The molecule has 624 valence electrons. The van der Waals surface area contributed by atoms with Gasteiger partial charge in [0, 0.05) is 34.1 Å². The van der Waals surface area contributed by atoms with Crippen LogP contribution in [0.25, 0.3) is 44.8 Å². The summed E-state index contributed by atoms with van der Waals surface area (Å²) in [6, 6.07) is 63.6. The number of ether oxygens (including phenoxy) is 3. The summed E-state index contributed by atoms with van der Waals surface area (Å²) in [7, 11) is 7.10. The van der Waals surface area contributed by atoms with E-state index in [1.54, 1.807) is 66.9 Å². The Labute approximate surface area is 719 Å². The SMILES string of the molecule is CC(C)(C)OC(=O)n1cc(B2OC(C)(C)C(C)(C)O2)cn1.CC(C)c1cc(C(C)C)c(-c2cccc(P(C3CCCCC3)C3CCCCC3)c2)c(C(C)C)c1.COc1cccc(Cn2nnn(-c3ccc(-c4cn[nH]c4)cc3)c2=O)c1.COc1cccc(Cn2nnn(-c3ccc(Br)cc3)c2=O)c1.Nc1ccccc1-c1[c-]cccc1.[Cl][Pd+]. The van der Waals surface area contributed by atoms with Gasteiger partial charge in [-0.05, 0) is 252 Å². The van der Waals surface area contributed by atoms with Crippen LogP contribution in [0.3, 0.4) is 0 Å². The summed E-state index contributed by atoms with van der Waals surface area (Å²) in [4.78, 5) is 36.9. The van der Waals surface area contributed by atoms with Crippen molar-refractivity contribution in [3.8, 4) is 56.3 Å². The van der Waals surface area contributed by atoms with Crippen molar-refractivity contribution < 1.29 is 46.5 Å². The first-order valence-electron chi connectivity index (χ1n) is 40.4. The first-order chi connectivity index (χ1) is 56.6. The van der Waals surface area contributed by atoms with Crippen LogP contribution in [0, 0.1) is 6.07 Å². The molecule has 12 aromatic rings. The van der Waals surface area contributed by atoms with E-state index in [-0.39, 0.29) is 19.3 Å². The fourth-order valence-corrected chi connectivity index (χ4v) is 18.5. The van der Waals surface area contributed by atoms with E-state index >= 15 is 0 Å². The normalized spacial score (nSPS) is 14.5. The molecule has 3 fully saturated rings. The molecule has 21 nitrogen and oxygen atoms in total. The second-order valence-electron chi connectivity index (χ2n) is 32.6. The van der Waals surface area contributed by atoms with Crippen molar-refractivity contribution in [3.05, 3.63) is 266 Å². The molecule has 4 aromatic heterocycles. The summed E-state index contributed by atoms with van der Waals surface area (Å²) in [5, 5.41) is 28.3. The van der Waals surface area contributed by atoms with Crippen molar-refractivity contribution in [1.29, 1.82) is 0 Å². The van der Waals surface area contributed by atoms with E-state index in [1.165, 1.54) is 94.1 Å². The molecule has 2 saturated carbocycles. The molecule has 118 heavy (non-hydrogen) atoms. The number of para-hydroxylation sites is 1. The quantitative estimate of drug-likeness (QED) is 0.0351. The number of rotatable bonds is 18. The van der Waals surface area contributed by atoms with Crippen LogP contribution in [-0.4, -0.2) is 115 Å². The third-order valence-corrected chi connectivity index (χ3v) is 25.4. The van der Waals surface area contributed by atoms with Crippen LogP contribution in [-0.2, 0) is 45.3 Å². The number of halogens is 2. The van der Waals surface area contributed by atoms with E-state index in [4.69, 9.17) is 29.3 Å². The van der Waals surface area contributed by atoms with E-state index in [0.717, 1.165) is 71.0 Å². The number of benzene rings is 8. The molecule has 0 radical (unpaired) electrons. The average Bonchev–Trinajstić information content (AvgIpc) is 1.75. The van der Waals surface area contributed by atoms with Gasteiger partial charge in [0.05, 0.1) is 56.1 Å². The zero-order valence-electron chi connectivity index (χ0n) is 70.4. The van der Waals surface area contributed by atoms with Crippen molar-refractivity contribution in [2.24, 2.45) is 0 Å². The maximum atomic E-state index is 12.6. The second kappa shape index (κ2) is 42.5. The molecule has 2 aliphatic carbocycles. The van der Waals surface area contributed by atoms with E-state index in [0.29, 0.717) is 47.7 Å². The summed E-state index contributed by atoms with van der Waals surface area (Å²) in [6.45, 7) is 28.2. The van der Waals surface area contributed by atoms with Gasteiger partial charge >= 0.3 is 52.3 Å². The number of nitrogen functional groups attached to an aromatic ring is 1. The predicted molar refractivity (Wildman–Crippen MR) is 476 cm³/mol. The average molecular weight is 1790 g/mol. The fraction of sp³-hybridized carbons (Fsp3) is 0.380. The Balaban J connectivity index is 0.000000159. The molecule has 15 rings (SSSR count). The molecule has 3 aliphatic rings. The summed E-state index contributed by atoms with van der Waals surface area (Å²) >= 11 is 5.58. The molecule has 0 spiro atoms. The van der Waals surface area contributed by atoms with Gasteiger partial charge < -0.3 is 29.3 Å². The molecule has 0 amide bonds. The number of hydrogen-bond donors (Lipinski definition) is 2. The second-order valence-corrected chi connectivity index (χ2v) is 36.3. The number of anilines is 1. The third kappa shape index (κ3) is 24.2. The Morgan fingerprint density at radius 1 is 0.627 bits per heavy atom. The third-order valence-electron chi connectivity index (χ3n) is 21.4. The molecule has 26 heteroatoms. The van der Waals surface area contributed by atoms with E-state index < -0.39 is 30.0 Å². The van der Waals surface area contributed by atoms with Crippen LogP contribution in [0.2, 0.25) is 0 Å². The molecule has 0 bridgehead atoms. The molecular formula is C92H111BBrClN13O8PPd. The zero-order valence-corrected chi connectivity index (χ0v) is 75.2. The van der Waals surface area contributed by atoms with Crippen molar-refractivity contribution in [2.45, 2.75) is 213 Å². The van der Waals surface area contributed by atoms with Crippen LogP contribution in [0.1, 0.15) is 200 Å². The van der Waals surface area contributed by atoms with Gasteiger partial charge in [0.1, 0.15) is 17.1 Å². The number of hydrogen-bond acceptors (Lipinski definition) is 15. The van der Waals surface area contributed by atoms with Gasteiger partial charge in [-0.1, -0.05) is 194 Å². The number of nitrogens with one attached hydrogen (secondary N) is 1. The van der Waals surface area contributed by atoms with Gasteiger partial charge in [-0.15, -0.1) is 35.9 Å². The Hall–Kier alpha value is -9.36. The number of H-pyrrole nitrogens is 1. The van der Waals surface area contributed by atoms with Gasteiger partial charge in [0.15, 0.2) is 0 Å². The molecule has 3 N–H and O–H groups in total. The molecule has 1 saturated heterocycles. The minimum atomic E-state index is -0.562. The Bertz CT molecular complexity index is 5220. The Morgan fingerprint density at radius 3 is 1.62 bits per heavy atom. The number of nitrogens with zero attached hydrogens (tertiary/aromatic N) is 11. The molecule has 0 atom stereocenters. The maximum absolute atomic E-state index is 12.6. The van der Waals surface area contributed by atoms with Gasteiger partial charge in [-0.25, -0.2) is 14.4 Å². The molecular weight excluding hydrogens is 1680 g/mol. The predicted octanol–water partition coefficient (Wildman–Crippen LogP) is 20.0. The standard InChI is InChI=1S/C33H49P.C18H16N6O2.C15H13BrN4O2.C14H23BN2O4.C12H10N.ClH.Pd/c1-23(2)27-21-31(24(3)4)33(32(22-27)25(5)6)26-14-13-19-30(20-26)34(28-15-9-7-10-16-28)29-17-11-8-12-18-29;1-26-17-4-2-3-13(9-17)12-23-18(25)24(22-21-23)16-7-5-14(6-8-16)15-10-19-20-11-15;1-22-14-4-2-3-11(9-14)10-19-15(21)20(18-17-19)13-7-5-12(16)6-8-13;1-12(2,3)19-11(18)17-9-10(8-16-17)15-20-13(4,5)14(6,7)21-15;13-12-9-5-4-8-11(12)10-6-2-1-3-7-10;;/h13-14,19-25,28-29H,7-12,15-18H2,1-6H3;2-11H,12H2,1H3,(H,19,20);2-9H,10H2,1H3;8-9H,1-7H3;1-6,8-9H,13H2;1H;/q;;;;-1;;+2/p-1. The topological polar surface area (TPSA) is 241 Å². The van der Waals surface area contributed by atoms with Crippen molar-refractivity contribution in [2.75, 3.05) is 20.0 Å². The summed E-state index contributed by atoms with van der Waals surface area (Å²) < 4.78 is 34.8. The van der Waals surface area contributed by atoms with Crippen molar-refractivity contribution in [1.82, 2.24) is 59.6 Å². The Kier molecular flexibility index (Phi) is 32.8. The van der Waals surface area contributed by atoms with Crippen LogP contribution in [0.5, 0.6) is 11.5 Å². The number of carbonyl (C=O) groups is 1. The number of aromatic amines is 1. The molecule has 0 unspecified atom stereocenters. The minimum absolute atomic E-state index is 0.0651. The van der Waals surface area contributed by atoms with Gasteiger partial charge in [0.25, 0.3) is 0 Å². The summed E-state index contributed by atoms with van der Waals surface area (Å²) in [5.41, 5.74) is 22.1. The van der Waals surface area contributed by atoms with Crippen LogP contribution < -0.4 is 37.4 Å². The number of carbonyl (C=O) groups excluding carboxylic acids is 1. The number of nitrogens with two attached hydrogens (primary N) is 1. The van der Waals surface area contributed by atoms with Crippen LogP contribution in [0.4, 0.5) is 10.5 Å². The van der Waals surface area contributed by atoms with Gasteiger partial charge in [0.2, 0.25) is 0 Å². The van der Waals surface area contributed by atoms with Crippen LogP contribution >= 0.6 is 33.4 Å². The first-order valence-corrected chi connectivity index (χ1v) is 44.7.